The Morgan fingerprint density at radius 3 is 3.06 bits per heavy atom. The standard InChI is InChI=1S/C11H13BrN4O/c1-2-3-14-10-8(11(13)17)5-15-16-6-7(12)4-9(10)16/h4-6,14H,2-3H2,1H3,(H2,13,17). The molecule has 2 aromatic heterocycles. The summed E-state index contributed by atoms with van der Waals surface area (Å²) < 4.78 is 2.61. The molecule has 0 aliphatic rings. The monoisotopic (exact) mass is 296 g/mol. The van der Waals surface area contributed by atoms with Gasteiger partial charge in [-0.05, 0) is 28.4 Å². The van der Waals surface area contributed by atoms with Crippen LogP contribution < -0.4 is 11.1 Å². The van der Waals surface area contributed by atoms with Gasteiger partial charge in [0.25, 0.3) is 5.91 Å². The average Bonchev–Trinajstić information content (AvgIpc) is 2.65. The number of primary amides is 1. The Morgan fingerprint density at radius 2 is 2.41 bits per heavy atom. The lowest BCUT2D eigenvalue weighted by atomic mass is 10.2. The van der Waals surface area contributed by atoms with Gasteiger partial charge in [0.1, 0.15) is 0 Å². The maximum absolute atomic E-state index is 11.4. The van der Waals surface area contributed by atoms with Gasteiger partial charge in [0.05, 0.1) is 23.0 Å². The number of fused-ring (bicyclic) bond motifs is 1. The van der Waals surface area contributed by atoms with Gasteiger partial charge in [0.15, 0.2) is 0 Å². The van der Waals surface area contributed by atoms with Crippen LogP contribution in [-0.4, -0.2) is 22.1 Å². The van der Waals surface area contributed by atoms with E-state index >= 15 is 0 Å². The van der Waals surface area contributed by atoms with Crippen molar-refractivity contribution in [1.82, 2.24) is 9.61 Å². The molecule has 17 heavy (non-hydrogen) atoms. The van der Waals surface area contributed by atoms with E-state index in [1.165, 1.54) is 6.20 Å². The van der Waals surface area contributed by atoms with Gasteiger partial charge < -0.3 is 11.1 Å². The van der Waals surface area contributed by atoms with Gasteiger partial charge in [-0.2, -0.15) is 5.10 Å². The van der Waals surface area contributed by atoms with E-state index in [1.54, 1.807) is 4.52 Å². The first-order valence-electron chi connectivity index (χ1n) is 5.34. The maximum atomic E-state index is 11.4. The molecule has 2 heterocycles. The highest BCUT2D eigenvalue weighted by Crippen LogP contribution is 2.25. The predicted octanol–water partition coefficient (Wildman–Crippen LogP) is 2.02. The zero-order valence-corrected chi connectivity index (χ0v) is 11.0. The van der Waals surface area contributed by atoms with Gasteiger partial charge in [-0.15, -0.1) is 0 Å². The first kappa shape index (κ1) is 11.9. The van der Waals surface area contributed by atoms with Crippen LogP contribution in [0.5, 0.6) is 0 Å². The molecular weight excluding hydrogens is 284 g/mol. The van der Waals surface area contributed by atoms with E-state index in [2.05, 4.69) is 33.3 Å². The van der Waals surface area contributed by atoms with E-state index in [0.29, 0.717) is 5.56 Å². The summed E-state index contributed by atoms with van der Waals surface area (Å²) >= 11 is 3.38. The second-order valence-corrected chi connectivity index (χ2v) is 4.63. The van der Waals surface area contributed by atoms with Crippen LogP contribution in [0.4, 0.5) is 5.69 Å². The number of carbonyl (C=O) groups excluding carboxylic acids is 1. The molecule has 0 aliphatic heterocycles. The molecule has 0 radical (unpaired) electrons. The lowest BCUT2D eigenvalue weighted by Gasteiger charge is -2.10. The van der Waals surface area contributed by atoms with Crippen LogP contribution in [0.15, 0.2) is 22.9 Å². The minimum Gasteiger partial charge on any atom is -0.383 e. The fourth-order valence-electron chi connectivity index (χ4n) is 1.65. The molecule has 0 fully saturated rings. The number of rotatable bonds is 4. The van der Waals surface area contributed by atoms with Gasteiger partial charge >= 0.3 is 0 Å². The average molecular weight is 297 g/mol. The van der Waals surface area contributed by atoms with E-state index in [-0.39, 0.29) is 0 Å². The summed E-state index contributed by atoms with van der Waals surface area (Å²) in [6, 6.07) is 1.90. The van der Waals surface area contributed by atoms with E-state index in [4.69, 9.17) is 5.73 Å². The number of halogens is 1. The summed E-state index contributed by atoms with van der Waals surface area (Å²) in [5.74, 6) is -0.476. The third-order valence-corrected chi connectivity index (χ3v) is 2.85. The Balaban J connectivity index is 2.61. The number of anilines is 1. The second kappa shape index (κ2) is 4.75. The van der Waals surface area contributed by atoms with Crippen molar-refractivity contribution >= 4 is 33.0 Å². The van der Waals surface area contributed by atoms with Crippen molar-refractivity contribution in [1.29, 1.82) is 0 Å². The third-order valence-electron chi connectivity index (χ3n) is 2.42. The van der Waals surface area contributed by atoms with Crippen molar-refractivity contribution in [2.24, 2.45) is 5.73 Å². The normalized spacial score (nSPS) is 10.7. The summed E-state index contributed by atoms with van der Waals surface area (Å²) in [6.45, 7) is 2.84. The summed E-state index contributed by atoms with van der Waals surface area (Å²) in [5, 5.41) is 7.36. The smallest absolute Gasteiger partial charge is 0.252 e. The molecule has 2 aromatic rings. The van der Waals surface area contributed by atoms with Crippen LogP contribution in [0.1, 0.15) is 23.7 Å². The summed E-state index contributed by atoms with van der Waals surface area (Å²) in [4.78, 5) is 11.4. The lowest BCUT2D eigenvalue weighted by Crippen LogP contribution is -2.16. The van der Waals surface area contributed by atoms with Gasteiger partial charge in [0.2, 0.25) is 0 Å². The minimum absolute atomic E-state index is 0.413. The summed E-state index contributed by atoms with van der Waals surface area (Å²) in [5.41, 5.74) is 7.33. The number of amides is 1. The number of nitrogens with two attached hydrogens (primary N) is 1. The van der Waals surface area contributed by atoms with Crippen molar-refractivity contribution in [3.63, 3.8) is 0 Å². The van der Waals surface area contributed by atoms with E-state index in [0.717, 1.165) is 28.6 Å². The molecule has 6 heteroatoms. The first-order valence-corrected chi connectivity index (χ1v) is 6.13. The summed E-state index contributed by atoms with van der Waals surface area (Å²) in [6.07, 6.45) is 4.28. The largest absolute Gasteiger partial charge is 0.383 e. The van der Waals surface area contributed by atoms with Gasteiger partial charge in [-0.1, -0.05) is 6.92 Å². The lowest BCUT2D eigenvalue weighted by molar-refractivity contribution is 0.100. The van der Waals surface area contributed by atoms with Gasteiger partial charge in [-0.3, -0.25) is 4.79 Å². The Hall–Kier alpha value is -1.56. The van der Waals surface area contributed by atoms with Crippen LogP contribution in [-0.2, 0) is 0 Å². The minimum atomic E-state index is -0.476. The number of hydrogen-bond acceptors (Lipinski definition) is 3. The molecule has 0 spiro atoms. The number of hydrogen-bond donors (Lipinski definition) is 2. The van der Waals surface area contributed by atoms with Gasteiger partial charge in [0, 0.05) is 17.2 Å². The fourth-order valence-corrected chi connectivity index (χ4v) is 2.06. The molecule has 0 saturated heterocycles. The van der Waals surface area contributed by atoms with Crippen LogP contribution in [0.3, 0.4) is 0 Å². The Bertz CT molecular complexity index is 564. The Kier molecular flexibility index (Phi) is 3.33. The molecule has 0 saturated carbocycles. The highest BCUT2D eigenvalue weighted by atomic mass is 79.9. The van der Waals surface area contributed by atoms with Crippen molar-refractivity contribution in [3.05, 3.63) is 28.5 Å². The molecule has 0 atom stereocenters. The number of aromatic nitrogens is 2. The number of nitrogens with one attached hydrogen (secondary N) is 1. The molecule has 0 aliphatic carbocycles. The quantitative estimate of drug-likeness (QED) is 0.906. The molecular formula is C11H13BrN4O. The van der Waals surface area contributed by atoms with Crippen LogP contribution in [0, 0.1) is 0 Å². The van der Waals surface area contributed by atoms with Gasteiger partial charge in [-0.25, -0.2) is 4.52 Å². The van der Waals surface area contributed by atoms with Crippen molar-refractivity contribution in [3.8, 4) is 0 Å². The maximum Gasteiger partial charge on any atom is 0.252 e. The molecule has 2 rings (SSSR count). The highest BCUT2D eigenvalue weighted by Gasteiger charge is 2.13. The SMILES string of the molecule is CCCNc1c(C(N)=O)cnn2cc(Br)cc12. The topological polar surface area (TPSA) is 72.4 Å². The highest BCUT2D eigenvalue weighted by molar-refractivity contribution is 9.10. The van der Waals surface area contributed by atoms with Crippen LogP contribution >= 0.6 is 15.9 Å². The van der Waals surface area contributed by atoms with Crippen molar-refractivity contribution in [2.45, 2.75) is 13.3 Å². The number of nitrogens with zero attached hydrogens (tertiary/aromatic N) is 2. The molecule has 0 bridgehead atoms. The molecule has 0 aromatic carbocycles. The Morgan fingerprint density at radius 1 is 1.65 bits per heavy atom. The molecule has 90 valence electrons. The second-order valence-electron chi connectivity index (χ2n) is 3.71. The number of carbonyl (C=O) groups is 1. The van der Waals surface area contributed by atoms with Crippen LogP contribution in [0.25, 0.3) is 5.52 Å². The zero-order valence-electron chi connectivity index (χ0n) is 9.40. The molecule has 5 nitrogen and oxygen atoms in total. The van der Waals surface area contributed by atoms with E-state index in [1.807, 2.05) is 12.3 Å². The molecule has 1 amide bonds. The van der Waals surface area contributed by atoms with Crippen LogP contribution in [0.2, 0.25) is 0 Å². The van der Waals surface area contributed by atoms with Crippen molar-refractivity contribution < 1.29 is 4.79 Å². The predicted molar refractivity (Wildman–Crippen MR) is 70.2 cm³/mol. The molecule has 3 N–H and O–H groups in total. The Labute approximate surface area is 107 Å². The third kappa shape index (κ3) is 2.26. The first-order chi connectivity index (χ1) is 8.13. The summed E-state index contributed by atoms with van der Waals surface area (Å²) in [7, 11) is 0. The van der Waals surface area contributed by atoms with E-state index < -0.39 is 5.91 Å². The zero-order chi connectivity index (χ0) is 12.4. The molecule has 0 unspecified atom stereocenters. The van der Waals surface area contributed by atoms with Crippen molar-refractivity contribution in [2.75, 3.05) is 11.9 Å². The van der Waals surface area contributed by atoms with E-state index in [9.17, 15) is 4.79 Å². The fraction of sp³-hybridized carbons (Fsp3) is 0.273.